The maximum absolute atomic E-state index is 13.6. The quantitative estimate of drug-likeness (QED) is 0.503. The van der Waals surface area contributed by atoms with E-state index < -0.39 is 40.5 Å². The van der Waals surface area contributed by atoms with E-state index in [4.69, 9.17) is 10.2 Å². The fourth-order valence-corrected chi connectivity index (χ4v) is 3.29. The Bertz CT molecular complexity index is 1010. The molecule has 3 N–H and O–H groups in total. The number of hydrogen-bond donors (Lipinski definition) is 2. The molecule has 2 aromatic rings. The van der Waals surface area contributed by atoms with Gasteiger partial charge in [-0.3, -0.25) is 24.5 Å². The van der Waals surface area contributed by atoms with Crippen LogP contribution in [0.25, 0.3) is 0 Å². The predicted octanol–water partition coefficient (Wildman–Crippen LogP) is 0.716. The van der Waals surface area contributed by atoms with Crippen LogP contribution in [-0.4, -0.2) is 64.8 Å². The number of halogens is 1. The molecule has 11 nitrogen and oxygen atoms in total. The van der Waals surface area contributed by atoms with E-state index in [-0.39, 0.29) is 37.5 Å². The van der Waals surface area contributed by atoms with Crippen LogP contribution in [0.15, 0.2) is 40.8 Å². The lowest BCUT2D eigenvalue weighted by Gasteiger charge is -2.42. The van der Waals surface area contributed by atoms with E-state index in [1.54, 1.807) is 0 Å². The summed E-state index contributed by atoms with van der Waals surface area (Å²) in [5.74, 6) is -3.69. The molecule has 1 unspecified atom stereocenters. The fraction of sp³-hybridized carbons (Fsp3) is 0.316. The summed E-state index contributed by atoms with van der Waals surface area (Å²) in [5.41, 5.74) is 5.44. The molecule has 2 heterocycles. The molecule has 1 saturated heterocycles. The summed E-state index contributed by atoms with van der Waals surface area (Å²) in [5, 5.41) is 13.4. The van der Waals surface area contributed by atoms with Crippen molar-refractivity contribution in [3.8, 4) is 0 Å². The van der Waals surface area contributed by atoms with E-state index in [1.165, 1.54) is 18.2 Å². The first-order valence-corrected chi connectivity index (χ1v) is 9.43. The number of hydrogen-bond acceptors (Lipinski definition) is 7. The molecular formula is C19H20FN5O6. The van der Waals surface area contributed by atoms with E-state index in [2.05, 4.69) is 5.32 Å². The van der Waals surface area contributed by atoms with Gasteiger partial charge in [0.15, 0.2) is 11.9 Å². The molecule has 1 aliphatic rings. The van der Waals surface area contributed by atoms with E-state index in [1.807, 2.05) is 0 Å². The van der Waals surface area contributed by atoms with Crippen LogP contribution in [0.2, 0.25) is 0 Å². The van der Waals surface area contributed by atoms with Gasteiger partial charge in [0, 0.05) is 31.7 Å². The molecule has 0 aliphatic carbocycles. The Morgan fingerprint density at radius 3 is 2.52 bits per heavy atom. The molecule has 1 fully saturated rings. The average Bonchev–Trinajstić information content (AvgIpc) is 3.26. The van der Waals surface area contributed by atoms with E-state index in [0.29, 0.717) is 6.42 Å². The number of amides is 3. The second kappa shape index (κ2) is 9.34. The lowest BCUT2D eigenvalue weighted by atomic mass is 10.1. The number of rotatable bonds is 6. The summed E-state index contributed by atoms with van der Waals surface area (Å²) in [6, 6.07) is 7.13. The molecule has 3 rings (SSSR count). The standard InChI is InChI=1S/C19H20FN5O6/c20-13-4-1-3-12(11-13)18(27)23-9-2-10-24(17(23)16(26)22-8-7-21)19(28)14-5-6-15(31-14)25(29)30/h1,3-6,11,17H,2,7-10,21H2,(H,22,26). The van der Waals surface area contributed by atoms with Gasteiger partial charge in [0.2, 0.25) is 0 Å². The van der Waals surface area contributed by atoms with Gasteiger partial charge >= 0.3 is 5.88 Å². The highest BCUT2D eigenvalue weighted by molar-refractivity contribution is 6.00. The minimum atomic E-state index is -1.37. The van der Waals surface area contributed by atoms with Crippen molar-refractivity contribution in [1.29, 1.82) is 0 Å². The zero-order valence-corrected chi connectivity index (χ0v) is 16.3. The van der Waals surface area contributed by atoms with Crippen molar-refractivity contribution in [2.45, 2.75) is 12.6 Å². The lowest BCUT2D eigenvalue weighted by molar-refractivity contribution is -0.402. The zero-order valence-electron chi connectivity index (χ0n) is 16.3. The van der Waals surface area contributed by atoms with Crippen molar-refractivity contribution in [1.82, 2.24) is 15.1 Å². The topological polar surface area (TPSA) is 152 Å². The van der Waals surface area contributed by atoms with Crippen molar-refractivity contribution < 1.29 is 28.1 Å². The first-order chi connectivity index (χ1) is 14.8. The first kappa shape index (κ1) is 21.9. The molecule has 164 valence electrons. The SMILES string of the molecule is NCCNC(=O)C1N(C(=O)c2cccc(F)c2)CCCN1C(=O)c1ccc([N+](=O)[O-])o1. The number of furan rings is 1. The minimum Gasteiger partial charge on any atom is -0.395 e. The van der Waals surface area contributed by atoms with Gasteiger partial charge in [-0.15, -0.1) is 0 Å². The second-order valence-corrected chi connectivity index (χ2v) is 6.71. The number of nitro groups is 1. The molecule has 1 aliphatic heterocycles. The average molecular weight is 433 g/mol. The zero-order chi connectivity index (χ0) is 22.5. The van der Waals surface area contributed by atoms with Gasteiger partial charge < -0.3 is 25.3 Å². The molecule has 0 saturated carbocycles. The van der Waals surface area contributed by atoms with Crippen LogP contribution in [0.5, 0.6) is 0 Å². The molecule has 12 heteroatoms. The molecule has 0 bridgehead atoms. The molecule has 31 heavy (non-hydrogen) atoms. The smallest absolute Gasteiger partial charge is 0.395 e. The van der Waals surface area contributed by atoms with Gasteiger partial charge in [-0.05, 0) is 30.7 Å². The van der Waals surface area contributed by atoms with Crippen LogP contribution in [0, 0.1) is 15.9 Å². The van der Waals surface area contributed by atoms with Crippen LogP contribution in [-0.2, 0) is 4.79 Å². The molecule has 3 amide bonds. The Morgan fingerprint density at radius 1 is 1.19 bits per heavy atom. The van der Waals surface area contributed by atoms with Crippen LogP contribution in [0.1, 0.15) is 27.3 Å². The van der Waals surface area contributed by atoms with Crippen LogP contribution in [0.4, 0.5) is 10.3 Å². The molecule has 1 aromatic carbocycles. The summed E-state index contributed by atoms with van der Waals surface area (Å²) in [4.78, 5) is 51.2. The Hall–Kier alpha value is -3.80. The van der Waals surface area contributed by atoms with Crippen molar-refractivity contribution in [3.63, 3.8) is 0 Å². The number of nitrogens with one attached hydrogen (secondary N) is 1. The number of nitrogens with zero attached hydrogens (tertiary/aromatic N) is 3. The van der Waals surface area contributed by atoms with Gasteiger partial charge in [-0.25, -0.2) is 4.39 Å². The Morgan fingerprint density at radius 2 is 1.90 bits per heavy atom. The van der Waals surface area contributed by atoms with Crippen molar-refractivity contribution in [3.05, 3.63) is 63.7 Å². The fourth-order valence-electron chi connectivity index (χ4n) is 3.29. The summed E-state index contributed by atoms with van der Waals surface area (Å²) in [6.45, 7) is 0.472. The molecule has 1 atom stereocenters. The number of benzene rings is 1. The first-order valence-electron chi connectivity index (χ1n) is 9.43. The van der Waals surface area contributed by atoms with E-state index >= 15 is 0 Å². The highest BCUT2D eigenvalue weighted by Crippen LogP contribution is 2.23. The maximum atomic E-state index is 13.6. The predicted molar refractivity (Wildman–Crippen MR) is 104 cm³/mol. The van der Waals surface area contributed by atoms with Gasteiger partial charge in [0.25, 0.3) is 17.7 Å². The third-order valence-corrected chi connectivity index (χ3v) is 4.64. The summed E-state index contributed by atoms with van der Waals surface area (Å²) in [7, 11) is 0. The second-order valence-electron chi connectivity index (χ2n) is 6.71. The maximum Gasteiger partial charge on any atom is 0.433 e. The molecule has 1 aromatic heterocycles. The lowest BCUT2D eigenvalue weighted by Crippen LogP contribution is -2.63. The van der Waals surface area contributed by atoms with Crippen LogP contribution < -0.4 is 11.1 Å². The highest BCUT2D eigenvalue weighted by atomic mass is 19.1. The highest BCUT2D eigenvalue weighted by Gasteiger charge is 2.41. The third-order valence-electron chi connectivity index (χ3n) is 4.64. The number of carbonyl (C=O) groups excluding carboxylic acids is 3. The molecule has 0 spiro atoms. The minimum absolute atomic E-state index is 0.0135. The third kappa shape index (κ3) is 4.69. The van der Waals surface area contributed by atoms with Crippen molar-refractivity contribution in [2.24, 2.45) is 5.73 Å². The van der Waals surface area contributed by atoms with Gasteiger partial charge in [-0.1, -0.05) is 6.07 Å². The van der Waals surface area contributed by atoms with Gasteiger partial charge in [0.05, 0.1) is 6.07 Å². The van der Waals surface area contributed by atoms with Crippen LogP contribution >= 0.6 is 0 Å². The Kier molecular flexibility index (Phi) is 6.60. The number of carbonyl (C=O) groups is 3. The van der Waals surface area contributed by atoms with Crippen molar-refractivity contribution >= 4 is 23.6 Å². The largest absolute Gasteiger partial charge is 0.433 e. The Balaban J connectivity index is 1.94. The summed E-state index contributed by atoms with van der Waals surface area (Å²) < 4.78 is 18.6. The summed E-state index contributed by atoms with van der Waals surface area (Å²) in [6.07, 6.45) is -1.04. The number of nitrogens with two attached hydrogens (primary N) is 1. The van der Waals surface area contributed by atoms with Gasteiger partial charge in [0.1, 0.15) is 10.7 Å². The van der Waals surface area contributed by atoms with Crippen molar-refractivity contribution in [2.75, 3.05) is 26.2 Å². The van der Waals surface area contributed by atoms with Gasteiger partial charge in [-0.2, -0.15) is 0 Å². The molecular weight excluding hydrogens is 413 g/mol. The molecule has 0 radical (unpaired) electrons. The monoisotopic (exact) mass is 433 g/mol. The van der Waals surface area contributed by atoms with E-state index in [0.717, 1.165) is 28.0 Å². The van der Waals surface area contributed by atoms with Crippen LogP contribution in [0.3, 0.4) is 0 Å². The van der Waals surface area contributed by atoms with E-state index in [9.17, 15) is 28.9 Å². The normalized spacial score (nSPS) is 16.1. The Labute approximate surface area is 175 Å². The summed E-state index contributed by atoms with van der Waals surface area (Å²) >= 11 is 0.